The second-order valence-corrected chi connectivity index (χ2v) is 5.64. The predicted molar refractivity (Wildman–Crippen MR) is 60.7 cm³/mol. The van der Waals surface area contributed by atoms with Gasteiger partial charge in [0, 0.05) is 6.42 Å². The molecule has 0 aromatic rings. The van der Waals surface area contributed by atoms with Gasteiger partial charge in [0.15, 0.2) is 5.78 Å². The zero-order valence-corrected chi connectivity index (χ0v) is 10.6. The molecule has 1 unspecified atom stereocenters. The fourth-order valence-electron chi connectivity index (χ4n) is 1.76. The SMILES string of the molecule is CC(C)(C)OC(=O)N1CC(OC2CCC2=O)C1. The van der Waals surface area contributed by atoms with Gasteiger partial charge in [0.25, 0.3) is 0 Å². The Hall–Kier alpha value is -1.10. The van der Waals surface area contributed by atoms with E-state index in [1.54, 1.807) is 4.90 Å². The molecule has 1 amide bonds. The molecule has 0 radical (unpaired) electrons. The first-order chi connectivity index (χ1) is 7.85. The third kappa shape index (κ3) is 2.97. The Kier molecular flexibility index (Phi) is 3.12. The van der Waals surface area contributed by atoms with Gasteiger partial charge in [-0.3, -0.25) is 4.79 Å². The minimum atomic E-state index is -0.465. The van der Waals surface area contributed by atoms with Crippen molar-refractivity contribution in [2.45, 2.75) is 51.4 Å². The minimum absolute atomic E-state index is 0.00299. The zero-order valence-electron chi connectivity index (χ0n) is 10.6. The molecule has 1 heterocycles. The van der Waals surface area contributed by atoms with Crippen LogP contribution in [0.2, 0.25) is 0 Å². The number of Topliss-reactive ketones (excluding diaryl/α,β-unsaturated/α-hetero) is 1. The summed E-state index contributed by atoms with van der Waals surface area (Å²) in [6, 6.07) is 0. The monoisotopic (exact) mass is 241 g/mol. The minimum Gasteiger partial charge on any atom is -0.444 e. The largest absolute Gasteiger partial charge is 0.444 e. The van der Waals surface area contributed by atoms with Crippen molar-refractivity contribution in [2.24, 2.45) is 0 Å². The molecule has 17 heavy (non-hydrogen) atoms. The van der Waals surface area contributed by atoms with Gasteiger partial charge in [-0.05, 0) is 27.2 Å². The molecule has 0 spiro atoms. The highest BCUT2D eigenvalue weighted by atomic mass is 16.6. The number of nitrogens with zero attached hydrogens (tertiary/aromatic N) is 1. The summed E-state index contributed by atoms with van der Waals surface area (Å²) in [4.78, 5) is 24.3. The van der Waals surface area contributed by atoms with Crippen molar-refractivity contribution in [1.29, 1.82) is 0 Å². The zero-order chi connectivity index (χ0) is 12.6. The van der Waals surface area contributed by atoms with Crippen molar-refractivity contribution < 1.29 is 19.1 Å². The maximum atomic E-state index is 11.6. The number of ketones is 1. The van der Waals surface area contributed by atoms with Crippen LogP contribution in [0.4, 0.5) is 4.79 Å². The van der Waals surface area contributed by atoms with Crippen molar-refractivity contribution >= 4 is 11.9 Å². The normalized spacial score (nSPS) is 25.2. The smallest absolute Gasteiger partial charge is 0.410 e. The third-order valence-electron chi connectivity index (χ3n) is 2.87. The first-order valence-electron chi connectivity index (χ1n) is 6.01. The Morgan fingerprint density at radius 2 is 2.00 bits per heavy atom. The van der Waals surface area contributed by atoms with Gasteiger partial charge in [-0.25, -0.2) is 4.79 Å². The molecular weight excluding hydrogens is 222 g/mol. The fraction of sp³-hybridized carbons (Fsp3) is 0.833. The molecule has 1 saturated heterocycles. The van der Waals surface area contributed by atoms with E-state index in [9.17, 15) is 9.59 Å². The van der Waals surface area contributed by atoms with Crippen LogP contribution in [0.3, 0.4) is 0 Å². The summed E-state index contributed by atoms with van der Waals surface area (Å²) < 4.78 is 10.8. The predicted octanol–water partition coefficient (Wildman–Crippen LogP) is 1.35. The Balaban J connectivity index is 1.68. The maximum absolute atomic E-state index is 11.6. The molecular formula is C12H19NO4. The van der Waals surface area contributed by atoms with E-state index in [0.29, 0.717) is 19.5 Å². The summed E-state index contributed by atoms with van der Waals surface area (Å²) in [6.07, 6.45) is 0.921. The van der Waals surface area contributed by atoms with E-state index in [4.69, 9.17) is 9.47 Å². The number of likely N-dealkylation sites (tertiary alicyclic amines) is 1. The van der Waals surface area contributed by atoms with E-state index >= 15 is 0 Å². The quantitative estimate of drug-likeness (QED) is 0.732. The molecule has 2 rings (SSSR count). The van der Waals surface area contributed by atoms with Gasteiger partial charge < -0.3 is 14.4 Å². The van der Waals surface area contributed by atoms with Gasteiger partial charge in [0.2, 0.25) is 0 Å². The first kappa shape index (κ1) is 12.4. The summed E-state index contributed by atoms with van der Waals surface area (Å²) in [5.74, 6) is 0.181. The summed E-state index contributed by atoms with van der Waals surface area (Å²) >= 11 is 0. The van der Waals surface area contributed by atoms with Gasteiger partial charge in [-0.1, -0.05) is 0 Å². The highest BCUT2D eigenvalue weighted by Gasteiger charge is 2.39. The number of hydrogen-bond acceptors (Lipinski definition) is 4. The third-order valence-corrected chi connectivity index (χ3v) is 2.87. The summed E-state index contributed by atoms with van der Waals surface area (Å²) in [5.41, 5.74) is -0.465. The number of carbonyl (C=O) groups excluding carboxylic acids is 2. The van der Waals surface area contributed by atoms with Crippen LogP contribution in [0.1, 0.15) is 33.6 Å². The molecule has 96 valence electrons. The number of amides is 1. The molecule has 0 aromatic heterocycles. The molecule has 1 aliphatic heterocycles. The molecule has 2 aliphatic rings. The van der Waals surface area contributed by atoms with Crippen LogP contribution in [0.25, 0.3) is 0 Å². The molecule has 1 aliphatic carbocycles. The summed E-state index contributed by atoms with van der Waals surface area (Å²) in [5, 5.41) is 0. The molecule has 2 fully saturated rings. The van der Waals surface area contributed by atoms with Crippen LogP contribution in [0.15, 0.2) is 0 Å². The molecule has 0 bridgehead atoms. The second kappa shape index (κ2) is 4.29. The van der Waals surface area contributed by atoms with Crippen molar-refractivity contribution in [3.8, 4) is 0 Å². The lowest BCUT2D eigenvalue weighted by atomic mass is 9.94. The van der Waals surface area contributed by atoms with E-state index in [0.717, 1.165) is 6.42 Å². The highest BCUT2D eigenvalue weighted by Crippen LogP contribution is 2.24. The van der Waals surface area contributed by atoms with Crippen molar-refractivity contribution in [2.75, 3.05) is 13.1 Å². The second-order valence-electron chi connectivity index (χ2n) is 5.64. The molecule has 1 saturated carbocycles. The first-order valence-corrected chi connectivity index (χ1v) is 6.01. The van der Waals surface area contributed by atoms with Gasteiger partial charge in [-0.2, -0.15) is 0 Å². The molecule has 1 atom stereocenters. The lowest BCUT2D eigenvalue weighted by Crippen LogP contribution is -2.58. The van der Waals surface area contributed by atoms with E-state index in [2.05, 4.69) is 0 Å². The van der Waals surface area contributed by atoms with Gasteiger partial charge in [0.1, 0.15) is 11.7 Å². The van der Waals surface area contributed by atoms with Crippen LogP contribution in [-0.2, 0) is 14.3 Å². The van der Waals surface area contributed by atoms with E-state index in [1.165, 1.54) is 0 Å². The average molecular weight is 241 g/mol. The van der Waals surface area contributed by atoms with Crippen LogP contribution in [0, 0.1) is 0 Å². The number of carbonyl (C=O) groups is 2. The average Bonchev–Trinajstić information content (AvgIpc) is 2.10. The van der Waals surface area contributed by atoms with Crippen LogP contribution >= 0.6 is 0 Å². The molecule has 0 N–H and O–H groups in total. The Morgan fingerprint density at radius 1 is 1.35 bits per heavy atom. The van der Waals surface area contributed by atoms with Gasteiger partial charge >= 0.3 is 6.09 Å². The molecule has 5 nitrogen and oxygen atoms in total. The molecule has 0 aromatic carbocycles. The van der Waals surface area contributed by atoms with Gasteiger partial charge in [-0.15, -0.1) is 0 Å². The maximum Gasteiger partial charge on any atom is 0.410 e. The summed E-state index contributed by atoms with van der Waals surface area (Å²) in [7, 11) is 0. The fourth-order valence-corrected chi connectivity index (χ4v) is 1.76. The van der Waals surface area contributed by atoms with Crippen molar-refractivity contribution in [1.82, 2.24) is 4.90 Å². The van der Waals surface area contributed by atoms with E-state index in [1.807, 2.05) is 20.8 Å². The lowest BCUT2D eigenvalue weighted by molar-refractivity contribution is -0.154. The molecule has 5 heteroatoms. The lowest BCUT2D eigenvalue weighted by Gasteiger charge is -2.41. The summed E-state index contributed by atoms with van der Waals surface area (Å²) in [6.45, 7) is 6.57. The number of rotatable bonds is 2. The van der Waals surface area contributed by atoms with Crippen LogP contribution in [-0.4, -0.2) is 47.7 Å². The Bertz CT molecular complexity index is 328. The highest BCUT2D eigenvalue weighted by molar-refractivity contribution is 5.88. The Morgan fingerprint density at radius 3 is 2.41 bits per heavy atom. The van der Waals surface area contributed by atoms with Crippen LogP contribution < -0.4 is 0 Å². The Labute approximate surface area is 101 Å². The standard InChI is InChI=1S/C12H19NO4/c1-12(2,3)17-11(15)13-6-8(7-13)16-10-5-4-9(10)14/h8,10H,4-7H2,1-3H3. The number of ether oxygens (including phenoxy) is 2. The van der Waals surface area contributed by atoms with Crippen molar-refractivity contribution in [3.05, 3.63) is 0 Å². The topological polar surface area (TPSA) is 55.8 Å². The van der Waals surface area contributed by atoms with E-state index in [-0.39, 0.29) is 24.1 Å². The van der Waals surface area contributed by atoms with E-state index < -0.39 is 5.60 Å². The van der Waals surface area contributed by atoms with Crippen molar-refractivity contribution in [3.63, 3.8) is 0 Å². The van der Waals surface area contributed by atoms with Crippen LogP contribution in [0.5, 0.6) is 0 Å². The number of hydrogen-bond donors (Lipinski definition) is 0. The van der Waals surface area contributed by atoms with Gasteiger partial charge in [0.05, 0.1) is 19.2 Å².